The highest BCUT2D eigenvalue weighted by Gasteiger charge is 2.37. The topological polar surface area (TPSA) is 6.48 Å². The molecule has 2 nitrogen and oxygen atoms in total. The molecule has 0 aromatic heterocycles. The van der Waals surface area contributed by atoms with E-state index in [-0.39, 0.29) is 12.1 Å². The maximum absolute atomic E-state index is 2.63. The Morgan fingerprint density at radius 2 is 1.56 bits per heavy atom. The standard InChI is InChI=1S/C40H46N2Si/c1-6-7-8-12-20-35-30(3)40(34-24-23-32(26-29(34)2)31-17-10-9-11-18-31)42(28-38(35)43(4)5)39-27-33-19-13-14-21-36(33)37-22-15-16-25-41(37)39/h9-11,13-19,21-28,37,40,43H,6-8,12,20H2,1-5H3. The molecule has 0 aliphatic carbocycles. The second-order valence-electron chi connectivity index (χ2n) is 12.7. The largest absolute Gasteiger partial charge is 0.323 e. The summed E-state index contributed by atoms with van der Waals surface area (Å²) in [6, 6.07) is 27.2. The van der Waals surface area contributed by atoms with Gasteiger partial charge in [-0.3, -0.25) is 0 Å². The smallest absolute Gasteiger partial charge is 0.114 e. The average Bonchev–Trinajstić information content (AvgIpc) is 3.03. The Balaban J connectivity index is 1.50. The first-order valence-electron chi connectivity index (χ1n) is 16.3. The summed E-state index contributed by atoms with van der Waals surface area (Å²) in [4.78, 5) is 5.11. The van der Waals surface area contributed by atoms with Crippen LogP contribution < -0.4 is 0 Å². The molecule has 0 saturated carbocycles. The Labute approximate surface area is 261 Å². The molecule has 3 aliphatic heterocycles. The van der Waals surface area contributed by atoms with Crippen molar-refractivity contribution >= 4 is 14.9 Å². The molecule has 0 bridgehead atoms. The van der Waals surface area contributed by atoms with E-state index in [4.69, 9.17) is 0 Å². The number of nitrogens with zero attached hydrogens (tertiary/aromatic N) is 2. The van der Waals surface area contributed by atoms with Crippen molar-refractivity contribution in [3.05, 3.63) is 148 Å². The van der Waals surface area contributed by atoms with Crippen LogP contribution in [-0.2, 0) is 0 Å². The van der Waals surface area contributed by atoms with Crippen LogP contribution in [0.2, 0.25) is 13.1 Å². The van der Waals surface area contributed by atoms with Crippen molar-refractivity contribution in [3.8, 4) is 11.1 Å². The number of hydrogen-bond donors (Lipinski definition) is 0. The minimum absolute atomic E-state index is 0.152. The number of rotatable bonds is 9. The molecular weight excluding hydrogens is 537 g/mol. The van der Waals surface area contributed by atoms with Crippen LogP contribution in [0.1, 0.15) is 80.3 Å². The molecule has 220 valence electrons. The van der Waals surface area contributed by atoms with Crippen LogP contribution >= 0.6 is 0 Å². The van der Waals surface area contributed by atoms with E-state index in [1.807, 2.05) is 0 Å². The van der Waals surface area contributed by atoms with Gasteiger partial charge in [0.2, 0.25) is 0 Å². The monoisotopic (exact) mass is 582 g/mol. The third-order valence-electron chi connectivity index (χ3n) is 9.44. The lowest BCUT2D eigenvalue weighted by Crippen LogP contribution is -2.39. The van der Waals surface area contributed by atoms with Gasteiger partial charge in [-0.05, 0) is 88.6 Å². The van der Waals surface area contributed by atoms with E-state index in [1.165, 1.54) is 76.9 Å². The van der Waals surface area contributed by atoms with Gasteiger partial charge in [0.1, 0.15) is 5.82 Å². The zero-order valence-corrected chi connectivity index (χ0v) is 27.7. The fourth-order valence-corrected chi connectivity index (χ4v) is 8.68. The van der Waals surface area contributed by atoms with Gasteiger partial charge in [0.25, 0.3) is 0 Å². The predicted molar refractivity (Wildman–Crippen MR) is 187 cm³/mol. The summed E-state index contributed by atoms with van der Waals surface area (Å²) in [5.74, 6) is 1.26. The van der Waals surface area contributed by atoms with Crippen LogP contribution in [0, 0.1) is 6.92 Å². The SMILES string of the molecule is CCCCCCC1=C(C)C(c2ccc(-c3ccccc3)cc2C)N(C2=Cc3ccccc3C3C=CC=CN23)C=C1[SiH](C)C. The van der Waals surface area contributed by atoms with Crippen molar-refractivity contribution in [1.29, 1.82) is 0 Å². The van der Waals surface area contributed by atoms with Gasteiger partial charge in [-0.2, -0.15) is 0 Å². The van der Waals surface area contributed by atoms with E-state index in [0.29, 0.717) is 0 Å². The van der Waals surface area contributed by atoms with E-state index in [9.17, 15) is 0 Å². The fraction of sp³-hybridized carbons (Fsp3) is 0.300. The zero-order valence-electron chi connectivity index (χ0n) is 26.6. The van der Waals surface area contributed by atoms with Gasteiger partial charge in [0.05, 0.1) is 20.9 Å². The van der Waals surface area contributed by atoms with Crippen LogP contribution in [0.5, 0.6) is 0 Å². The first-order valence-corrected chi connectivity index (χ1v) is 19.2. The van der Waals surface area contributed by atoms with Crippen molar-refractivity contribution in [3.63, 3.8) is 0 Å². The van der Waals surface area contributed by atoms with Crippen molar-refractivity contribution < 1.29 is 0 Å². The van der Waals surface area contributed by atoms with Gasteiger partial charge < -0.3 is 9.80 Å². The zero-order chi connectivity index (χ0) is 29.9. The molecule has 3 aromatic rings. The Morgan fingerprint density at radius 3 is 2.33 bits per heavy atom. The maximum Gasteiger partial charge on any atom is 0.114 e. The molecule has 3 aliphatic rings. The second kappa shape index (κ2) is 12.8. The first-order chi connectivity index (χ1) is 21.0. The molecule has 43 heavy (non-hydrogen) atoms. The summed E-state index contributed by atoms with van der Waals surface area (Å²) < 4.78 is 0. The van der Waals surface area contributed by atoms with Gasteiger partial charge in [-0.25, -0.2) is 0 Å². The summed E-state index contributed by atoms with van der Waals surface area (Å²) in [6.45, 7) is 12.0. The molecule has 2 atom stereocenters. The van der Waals surface area contributed by atoms with Crippen molar-refractivity contribution in [1.82, 2.24) is 9.80 Å². The van der Waals surface area contributed by atoms with Gasteiger partial charge in [-0.1, -0.05) is 124 Å². The summed E-state index contributed by atoms with van der Waals surface area (Å²) in [6.07, 6.45) is 20.4. The van der Waals surface area contributed by atoms with E-state index >= 15 is 0 Å². The lowest BCUT2D eigenvalue weighted by Gasteiger charge is -2.47. The highest BCUT2D eigenvalue weighted by Crippen LogP contribution is 2.47. The number of allylic oxidation sites excluding steroid dienone is 4. The van der Waals surface area contributed by atoms with Crippen LogP contribution in [-0.4, -0.2) is 18.6 Å². The summed E-state index contributed by atoms with van der Waals surface area (Å²) in [5, 5.41) is 1.62. The number of hydrogen-bond acceptors (Lipinski definition) is 2. The normalized spacial score (nSPS) is 19.4. The summed E-state index contributed by atoms with van der Waals surface area (Å²) in [5.41, 5.74) is 11.2. The van der Waals surface area contributed by atoms with Gasteiger partial charge in [0.15, 0.2) is 0 Å². The highest BCUT2D eigenvalue weighted by molar-refractivity contribution is 6.65. The lowest BCUT2D eigenvalue weighted by molar-refractivity contribution is 0.246. The molecule has 3 heterocycles. The molecule has 2 unspecified atom stereocenters. The lowest BCUT2D eigenvalue weighted by atomic mass is 9.85. The van der Waals surface area contributed by atoms with Crippen molar-refractivity contribution in [2.45, 2.75) is 78.1 Å². The second-order valence-corrected chi connectivity index (χ2v) is 15.6. The quantitative estimate of drug-likeness (QED) is 0.183. The molecule has 0 saturated heterocycles. The minimum atomic E-state index is -1.10. The van der Waals surface area contributed by atoms with E-state index in [0.717, 1.165) is 0 Å². The van der Waals surface area contributed by atoms with Crippen LogP contribution in [0.4, 0.5) is 0 Å². The molecule has 0 amide bonds. The summed E-state index contributed by atoms with van der Waals surface area (Å²) in [7, 11) is -1.10. The Bertz CT molecular complexity index is 1620. The van der Waals surface area contributed by atoms with E-state index < -0.39 is 8.80 Å². The Hall–Kier alpha value is -3.82. The van der Waals surface area contributed by atoms with E-state index in [1.54, 1.807) is 10.8 Å². The number of fused-ring (bicyclic) bond motifs is 3. The maximum atomic E-state index is 2.63. The van der Waals surface area contributed by atoms with Crippen LogP contribution in [0.15, 0.2) is 126 Å². The van der Waals surface area contributed by atoms with Crippen LogP contribution in [0.25, 0.3) is 17.2 Å². The first kappa shape index (κ1) is 29.3. The number of aryl methyl sites for hydroxylation is 1. The number of unbranched alkanes of at least 4 members (excludes halogenated alkanes) is 3. The molecule has 3 aromatic carbocycles. The summed E-state index contributed by atoms with van der Waals surface area (Å²) >= 11 is 0. The molecular formula is C40H46N2Si. The molecule has 0 spiro atoms. The number of benzene rings is 3. The Kier molecular flexibility index (Phi) is 8.72. The molecule has 0 radical (unpaired) electrons. The highest BCUT2D eigenvalue weighted by atomic mass is 28.3. The minimum Gasteiger partial charge on any atom is -0.323 e. The van der Waals surface area contributed by atoms with Crippen molar-refractivity contribution in [2.75, 3.05) is 0 Å². The predicted octanol–water partition coefficient (Wildman–Crippen LogP) is 10.7. The van der Waals surface area contributed by atoms with E-state index in [2.05, 4.69) is 153 Å². The molecule has 0 N–H and O–H groups in total. The van der Waals surface area contributed by atoms with Gasteiger partial charge in [-0.15, -0.1) is 0 Å². The third-order valence-corrected chi connectivity index (χ3v) is 11.2. The third kappa shape index (κ3) is 5.76. The molecule has 6 rings (SSSR count). The average molecular weight is 583 g/mol. The van der Waals surface area contributed by atoms with Gasteiger partial charge >= 0.3 is 0 Å². The van der Waals surface area contributed by atoms with Gasteiger partial charge in [0, 0.05) is 12.4 Å². The van der Waals surface area contributed by atoms with Crippen LogP contribution in [0.3, 0.4) is 0 Å². The Morgan fingerprint density at radius 1 is 0.767 bits per heavy atom. The fourth-order valence-electron chi connectivity index (χ4n) is 7.15. The molecule has 3 heteroatoms. The van der Waals surface area contributed by atoms with Crippen molar-refractivity contribution in [2.24, 2.45) is 0 Å². The molecule has 0 fully saturated rings.